The summed E-state index contributed by atoms with van der Waals surface area (Å²) in [5, 5.41) is 0.632. The molecule has 4 rings (SSSR count). The van der Waals surface area contributed by atoms with Crippen LogP contribution in [0.2, 0.25) is 5.02 Å². The number of piperazine rings is 1. The number of carbonyl (C=O) groups excluding carboxylic acids is 1. The monoisotopic (exact) mass is 417 g/mol. The Morgan fingerprint density at radius 3 is 2.59 bits per heavy atom. The van der Waals surface area contributed by atoms with Crippen LogP contribution in [0.3, 0.4) is 0 Å². The van der Waals surface area contributed by atoms with E-state index in [4.69, 9.17) is 17.3 Å². The lowest BCUT2D eigenvalue weighted by molar-refractivity contribution is -0.132. The minimum atomic E-state index is -1.02. The van der Waals surface area contributed by atoms with Crippen molar-refractivity contribution < 1.29 is 9.18 Å². The van der Waals surface area contributed by atoms with Gasteiger partial charge in [0.05, 0.1) is 11.6 Å². The largest absolute Gasteiger partial charge is 0.353 e. The minimum Gasteiger partial charge on any atom is -0.353 e. The van der Waals surface area contributed by atoms with Crippen molar-refractivity contribution in [2.75, 3.05) is 37.6 Å². The van der Waals surface area contributed by atoms with Gasteiger partial charge in [-0.05, 0) is 30.0 Å². The van der Waals surface area contributed by atoms with E-state index in [1.807, 2.05) is 24.0 Å². The van der Waals surface area contributed by atoms with Gasteiger partial charge in [0, 0.05) is 43.3 Å². The molecule has 2 aliphatic rings. The zero-order chi connectivity index (χ0) is 20.5. The van der Waals surface area contributed by atoms with Gasteiger partial charge in [-0.1, -0.05) is 30.7 Å². The van der Waals surface area contributed by atoms with Gasteiger partial charge >= 0.3 is 0 Å². The maximum Gasteiger partial charge on any atom is 0.231 e. The molecule has 1 aliphatic carbocycles. The SMILES string of the molecule is C[C@@H]1C[C@H](F)c2ncnc(N3CCN(C(=O)C(CN)c4ccc(Cl)cc4)CC3)c21. The second kappa shape index (κ2) is 8.24. The molecule has 0 bridgehead atoms. The third-order valence-corrected chi connectivity index (χ3v) is 6.19. The van der Waals surface area contributed by atoms with Crippen molar-refractivity contribution in [2.45, 2.75) is 31.4 Å². The number of nitrogens with zero attached hydrogens (tertiary/aromatic N) is 4. The van der Waals surface area contributed by atoms with Crippen LogP contribution in [0.15, 0.2) is 30.6 Å². The van der Waals surface area contributed by atoms with Gasteiger partial charge in [-0.2, -0.15) is 0 Å². The van der Waals surface area contributed by atoms with Crippen LogP contribution in [0.5, 0.6) is 0 Å². The highest BCUT2D eigenvalue weighted by Gasteiger charge is 2.35. The molecule has 6 nitrogen and oxygen atoms in total. The Hall–Kier alpha value is -2.25. The second-order valence-corrected chi connectivity index (χ2v) is 8.19. The third-order valence-electron chi connectivity index (χ3n) is 5.94. The van der Waals surface area contributed by atoms with Crippen LogP contribution in [-0.4, -0.2) is 53.5 Å². The van der Waals surface area contributed by atoms with Crippen molar-refractivity contribution >= 4 is 23.3 Å². The molecular weight excluding hydrogens is 393 g/mol. The van der Waals surface area contributed by atoms with Gasteiger partial charge in [-0.25, -0.2) is 14.4 Å². The number of fused-ring (bicyclic) bond motifs is 1. The number of aromatic nitrogens is 2. The number of hydrogen-bond donors (Lipinski definition) is 1. The summed E-state index contributed by atoms with van der Waals surface area (Å²) < 4.78 is 14.2. The summed E-state index contributed by atoms with van der Waals surface area (Å²) in [5.74, 6) is 0.555. The van der Waals surface area contributed by atoms with Gasteiger partial charge in [-0.15, -0.1) is 0 Å². The van der Waals surface area contributed by atoms with Crippen molar-refractivity contribution in [3.05, 3.63) is 52.4 Å². The van der Waals surface area contributed by atoms with Gasteiger partial charge in [0.2, 0.25) is 5.91 Å². The van der Waals surface area contributed by atoms with E-state index in [0.717, 1.165) is 16.9 Å². The van der Waals surface area contributed by atoms with E-state index in [1.165, 1.54) is 6.33 Å². The molecule has 2 N–H and O–H groups in total. The number of nitrogens with two attached hydrogens (primary N) is 1. The van der Waals surface area contributed by atoms with Crippen LogP contribution in [-0.2, 0) is 4.79 Å². The fraction of sp³-hybridized carbons (Fsp3) is 0.476. The van der Waals surface area contributed by atoms with Gasteiger partial charge < -0.3 is 15.5 Å². The summed E-state index contributed by atoms with van der Waals surface area (Å²) >= 11 is 5.96. The first kappa shape index (κ1) is 20.0. The van der Waals surface area contributed by atoms with E-state index in [1.54, 1.807) is 12.1 Å². The number of benzene rings is 1. The molecule has 29 heavy (non-hydrogen) atoms. The second-order valence-electron chi connectivity index (χ2n) is 7.75. The lowest BCUT2D eigenvalue weighted by atomic mass is 9.97. The van der Waals surface area contributed by atoms with Crippen molar-refractivity contribution in [1.82, 2.24) is 14.9 Å². The molecule has 1 aromatic carbocycles. The van der Waals surface area contributed by atoms with E-state index in [-0.39, 0.29) is 24.3 Å². The summed E-state index contributed by atoms with van der Waals surface area (Å²) in [7, 11) is 0. The first-order chi connectivity index (χ1) is 14.0. The standard InChI is InChI=1S/C21H25ClFN5O/c1-13-10-17(23)19-18(13)20(26-12-25-19)27-6-8-28(9-7-27)21(29)16(11-24)14-2-4-15(22)5-3-14/h2-5,12-13,16-17H,6-11,24H2,1H3/t13-,16?,17+/m1/s1. The fourth-order valence-corrected chi connectivity index (χ4v) is 4.47. The van der Waals surface area contributed by atoms with Crippen LogP contribution < -0.4 is 10.6 Å². The van der Waals surface area contributed by atoms with E-state index in [2.05, 4.69) is 14.9 Å². The predicted molar refractivity (Wildman–Crippen MR) is 111 cm³/mol. The Morgan fingerprint density at radius 2 is 1.93 bits per heavy atom. The molecule has 2 heterocycles. The Balaban J connectivity index is 1.46. The van der Waals surface area contributed by atoms with Crippen LogP contribution >= 0.6 is 11.6 Å². The normalized spacial score (nSPS) is 22.5. The van der Waals surface area contributed by atoms with Gasteiger partial charge in [0.15, 0.2) is 0 Å². The van der Waals surface area contributed by atoms with Crippen LogP contribution in [0.25, 0.3) is 0 Å². The van der Waals surface area contributed by atoms with Crippen molar-refractivity contribution in [3.8, 4) is 0 Å². The summed E-state index contributed by atoms with van der Waals surface area (Å²) in [6.45, 7) is 4.72. The Morgan fingerprint density at radius 1 is 1.24 bits per heavy atom. The highest BCUT2D eigenvalue weighted by molar-refractivity contribution is 6.30. The van der Waals surface area contributed by atoms with Crippen LogP contribution in [0, 0.1) is 0 Å². The number of alkyl halides is 1. The molecule has 8 heteroatoms. The quantitative estimate of drug-likeness (QED) is 0.827. The highest BCUT2D eigenvalue weighted by atomic mass is 35.5. The average Bonchev–Trinajstić information content (AvgIpc) is 3.04. The maximum absolute atomic E-state index is 14.2. The summed E-state index contributed by atoms with van der Waals surface area (Å²) in [4.78, 5) is 25.7. The first-order valence-electron chi connectivity index (χ1n) is 9.97. The lowest BCUT2D eigenvalue weighted by Crippen LogP contribution is -2.51. The molecule has 0 spiro atoms. The molecule has 1 aliphatic heterocycles. The Labute approximate surface area is 174 Å². The van der Waals surface area contributed by atoms with Crippen LogP contribution in [0.1, 0.15) is 48.2 Å². The van der Waals surface area contributed by atoms with E-state index < -0.39 is 6.17 Å². The smallest absolute Gasteiger partial charge is 0.231 e. The number of amides is 1. The van der Waals surface area contributed by atoms with Crippen molar-refractivity contribution in [2.24, 2.45) is 5.73 Å². The molecular formula is C21H25ClFN5O. The zero-order valence-corrected chi connectivity index (χ0v) is 17.1. The molecule has 3 atom stereocenters. The van der Waals surface area contributed by atoms with Crippen molar-refractivity contribution in [3.63, 3.8) is 0 Å². The van der Waals surface area contributed by atoms with Crippen LogP contribution in [0.4, 0.5) is 10.2 Å². The number of hydrogen-bond acceptors (Lipinski definition) is 5. The molecule has 1 amide bonds. The molecule has 1 aromatic heterocycles. The van der Waals surface area contributed by atoms with E-state index in [0.29, 0.717) is 43.3 Å². The maximum atomic E-state index is 14.2. The fourth-order valence-electron chi connectivity index (χ4n) is 4.35. The number of halogens is 2. The molecule has 1 saturated heterocycles. The first-order valence-corrected chi connectivity index (χ1v) is 10.4. The summed E-state index contributed by atoms with van der Waals surface area (Å²) in [6.07, 6.45) is 0.884. The van der Waals surface area contributed by atoms with Gasteiger partial charge in [0.25, 0.3) is 0 Å². The van der Waals surface area contributed by atoms with Gasteiger partial charge in [0.1, 0.15) is 18.3 Å². The molecule has 0 saturated carbocycles. The van der Waals surface area contributed by atoms with Crippen molar-refractivity contribution in [1.29, 1.82) is 0 Å². The van der Waals surface area contributed by atoms with E-state index >= 15 is 0 Å². The Kier molecular flexibility index (Phi) is 5.69. The average molecular weight is 418 g/mol. The minimum absolute atomic E-state index is 0.0274. The summed E-state index contributed by atoms with van der Waals surface area (Å²) in [6, 6.07) is 7.26. The number of carbonyl (C=O) groups is 1. The Bertz CT molecular complexity index is 885. The number of rotatable bonds is 4. The third kappa shape index (κ3) is 3.81. The summed E-state index contributed by atoms with van der Waals surface area (Å²) in [5.41, 5.74) is 8.23. The topological polar surface area (TPSA) is 75.4 Å². The zero-order valence-electron chi connectivity index (χ0n) is 16.4. The number of anilines is 1. The molecule has 1 unspecified atom stereocenters. The lowest BCUT2D eigenvalue weighted by Gasteiger charge is -2.37. The molecule has 2 aromatic rings. The molecule has 1 fully saturated rings. The predicted octanol–water partition coefficient (Wildman–Crippen LogP) is 3.04. The molecule has 154 valence electrons. The molecule has 0 radical (unpaired) electrons. The van der Waals surface area contributed by atoms with Gasteiger partial charge in [-0.3, -0.25) is 4.79 Å². The van der Waals surface area contributed by atoms with E-state index in [9.17, 15) is 9.18 Å². The highest BCUT2D eigenvalue weighted by Crippen LogP contribution is 2.44.